The molecule has 0 saturated carbocycles. The molecule has 38 heavy (non-hydrogen) atoms. The molecule has 0 fully saturated rings. The van der Waals surface area contributed by atoms with Gasteiger partial charge in [0, 0.05) is 18.4 Å². The van der Waals surface area contributed by atoms with Gasteiger partial charge >= 0.3 is 11.9 Å². The van der Waals surface area contributed by atoms with E-state index < -0.39 is 18.0 Å². The second-order valence-electron chi connectivity index (χ2n) is 9.21. The number of rotatable bonds is 14. The SMILES string of the molecule is CCCOc1cccc(-c2nc(CCOc3ccc(CCC(=O)O)c(C(N)C(=O)OC(C)C)c3)c(C)o2)c1. The van der Waals surface area contributed by atoms with Crippen LogP contribution < -0.4 is 15.2 Å². The van der Waals surface area contributed by atoms with Gasteiger partial charge in [-0.3, -0.25) is 4.79 Å². The number of carboxylic acids is 1. The topological polar surface area (TPSA) is 134 Å². The molecular formula is C29H36N2O7. The summed E-state index contributed by atoms with van der Waals surface area (Å²) in [6.07, 6.45) is 1.25. The molecule has 1 unspecified atom stereocenters. The van der Waals surface area contributed by atoms with Crippen LogP contribution in [0.4, 0.5) is 0 Å². The zero-order valence-electron chi connectivity index (χ0n) is 22.4. The molecule has 0 amide bonds. The maximum absolute atomic E-state index is 12.5. The smallest absolute Gasteiger partial charge is 0.327 e. The van der Waals surface area contributed by atoms with E-state index in [1.165, 1.54) is 0 Å². The summed E-state index contributed by atoms with van der Waals surface area (Å²) < 4.78 is 22.8. The molecule has 0 spiro atoms. The number of aliphatic carboxylic acids is 1. The van der Waals surface area contributed by atoms with E-state index >= 15 is 0 Å². The number of ether oxygens (including phenoxy) is 3. The van der Waals surface area contributed by atoms with Crippen molar-refractivity contribution < 1.29 is 33.3 Å². The third-order valence-electron chi connectivity index (χ3n) is 5.72. The van der Waals surface area contributed by atoms with Crippen LogP contribution in [0.2, 0.25) is 0 Å². The number of nitrogens with two attached hydrogens (primary N) is 1. The van der Waals surface area contributed by atoms with E-state index in [2.05, 4.69) is 11.9 Å². The minimum Gasteiger partial charge on any atom is -0.494 e. The number of carbonyl (C=O) groups excluding carboxylic acids is 1. The molecule has 1 atom stereocenters. The van der Waals surface area contributed by atoms with E-state index in [-0.39, 0.29) is 18.9 Å². The Morgan fingerprint density at radius 1 is 1.05 bits per heavy atom. The van der Waals surface area contributed by atoms with E-state index in [1.807, 2.05) is 31.2 Å². The summed E-state index contributed by atoms with van der Waals surface area (Å²) in [5.74, 6) is 0.976. The number of nitrogens with zero attached hydrogens (tertiary/aromatic N) is 1. The Kier molecular flexibility index (Phi) is 10.3. The Labute approximate surface area is 222 Å². The lowest BCUT2D eigenvalue weighted by atomic mass is 9.97. The summed E-state index contributed by atoms with van der Waals surface area (Å²) in [6, 6.07) is 11.7. The van der Waals surface area contributed by atoms with Crippen LogP contribution in [0.25, 0.3) is 11.5 Å². The standard InChI is InChI=1S/C29H36N2O7/c1-5-14-35-22-8-6-7-21(16-22)28-31-25(19(4)38-28)13-15-36-23-11-9-20(10-12-26(32)33)24(17-23)27(30)29(34)37-18(2)3/h6-9,11,16-18,27H,5,10,12-15,30H2,1-4H3,(H,32,33). The predicted octanol–water partition coefficient (Wildman–Crippen LogP) is 5.03. The monoisotopic (exact) mass is 524 g/mol. The number of aryl methyl sites for hydroxylation is 2. The number of oxazole rings is 1. The van der Waals surface area contributed by atoms with E-state index in [4.69, 9.17) is 29.5 Å². The molecule has 9 nitrogen and oxygen atoms in total. The highest BCUT2D eigenvalue weighted by Gasteiger charge is 2.23. The molecule has 0 bridgehead atoms. The lowest BCUT2D eigenvalue weighted by Gasteiger charge is -2.18. The normalized spacial score (nSPS) is 11.8. The molecule has 1 aromatic heterocycles. The van der Waals surface area contributed by atoms with Crippen molar-refractivity contribution in [2.24, 2.45) is 5.73 Å². The number of carboxylic acid groups (broad SMARTS) is 1. The van der Waals surface area contributed by atoms with Crippen molar-refractivity contribution in [2.45, 2.75) is 65.5 Å². The van der Waals surface area contributed by atoms with Crippen LogP contribution in [0.1, 0.15) is 62.2 Å². The van der Waals surface area contributed by atoms with Gasteiger partial charge in [0.2, 0.25) is 5.89 Å². The summed E-state index contributed by atoms with van der Waals surface area (Å²) in [4.78, 5) is 28.2. The number of aromatic nitrogens is 1. The predicted molar refractivity (Wildman–Crippen MR) is 142 cm³/mol. The second kappa shape index (κ2) is 13.6. The first-order valence-electron chi connectivity index (χ1n) is 12.8. The quantitative estimate of drug-likeness (QED) is 0.278. The molecule has 2 aromatic carbocycles. The molecule has 0 saturated heterocycles. The Hall–Kier alpha value is -3.85. The average molecular weight is 525 g/mol. The van der Waals surface area contributed by atoms with Crippen molar-refractivity contribution in [3.63, 3.8) is 0 Å². The Morgan fingerprint density at radius 3 is 2.50 bits per heavy atom. The molecule has 3 N–H and O–H groups in total. The van der Waals surface area contributed by atoms with E-state index in [9.17, 15) is 9.59 Å². The number of esters is 1. The van der Waals surface area contributed by atoms with Crippen molar-refractivity contribution in [3.8, 4) is 23.0 Å². The van der Waals surface area contributed by atoms with E-state index in [1.54, 1.807) is 32.0 Å². The van der Waals surface area contributed by atoms with Gasteiger partial charge in [0.1, 0.15) is 23.3 Å². The molecule has 0 radical (unpaired) electrons. The van der Waals surface area contributed by atoms with Gasteiger partial charge in [-0.1, -0.05) is 19.1 Å². The van der Waals surface area contributed by atoms with Gasteiger partial charge in [-0.25, -0.2) is 9.78 Å². The van der Waals surface area contributed by atoms with Crippen LogP contribution in [-0.2, 0) is 27.2 Å². The van der Waals surface area contributed by atoms with Crippen LogP contribution in [-0.4, -0.2) is 41.3 Å². The van der Waals surface area contributed by atoms with Gasteiger partial charge < -0.3 is 29.5 Å². The summed E-state index contributed by atoms with van der Waals surface area (Å²) in [5.41, 5.74) is 8.94. The van der Waals surface area contributed by atoms with Crippen LogP contribution in [0.3, 0.4) is 0 Å². The molecule has 9 heteroatoms. The maximum atomic E-state index is 12.5. The minimum absolute atomic E-state index is 0.0828. The Bertz CT molecular complexity index is 1240. The van der Waals surface area contributed by atoms with Gasteiger partial charge in [-0.05, 0) is 75.1 Å². The number of benzene rings is 2. The first-order chi connectivity index (χ1) is 18.2. The Morgan fingerprint density at radius 2 is 1.79 bits per heavy atom. The third kappa shape index (κ3) is 8.08. The van der Waals surface area contributed by atoms with Crippen LogP contribution in [0.15, 0.2) is 46.9 Å². The minimum atomic E-state index is -1.05. The lowest BCUT2D eigenvalue weighted by Crippen LogP contribution is -2.27. The van der Waals surface area contributed by atoms with Crippen molar-refractivity contribution in [2.75, 3.05) is 13.2 Å². The molecule has 0 aliphatic rings. The van der Waals surface area contributed by atoms with Crippen molar-refractivity contribution in [1.82, 2.24) is 4.98 Å². The average Bonchev–Trinajstić information content (AvgIpc) is 3.26. The first-order valence-corrected chi connectivity index (χ1v) is 12.8. The van der Waals surface area contributed by atoms with Gasteiger partial charge in [-0.15, -0.1) is 0 Å². The zero-order valence-corrected chi connectivity index (χ0v) is 22.4. The first kappa shape index (κ1) is 28.7. The van der Waals surface area contributed by atoms with Gasteiger partial charge in [0.05, 0.1) is 25.0 Å². The summed E-state index contributed by atoms with van der Waals surface area (Å²) in [5, 5.41) is 9.09. The van der Waals surface area contributed by atoms with Gasteiger partial charge in [0.15, 0.2) is 0 Å². The van der Waals surface area contributed by atoms with Crippen LogP contribution in [0.5, 0.6) is 11.5 Å². The molecule has 204 valence electrons. The molecule has 1 heterocycles. The van der Waals surface area contributed by atoms with Gasteiger partial charge in [-0.2, -0.15) is 0 Å². The summed E-state index contributed by atoms with van der Waals surface area (Å²) in [7, 11) is 0. The highest BCUT2D eigenvalue weighted by Crippen LogP contribution is 2.27. The van der Waals surface area contributed by atoms with Crippen LogP contribution >= 0.6 is 0 Å². The molecule has 3 rings (SSSR count). The number of hydrogen-bond acceptors (Lipinski definition) is 8. The third-order valence-corrected chi connectivity index (χ3v) is 5.72. The fourth-order valence-corrected chi connectivity index (χ4v) is 3.84. The number of hydrogen-bond donors (Lipinski definition) is 2. The van der Waals surface area contributed by atoms with E-state index in [0.29, 0.717) is 48.2 Å². The zero-order chi connectivity index (χ0) is 27.7. The van der Waals surface area contributed by atoms with Crippen molar-refractivity contribution in [3.05, 3.63) is 65.0 Å². The molecular weight excluding hydrogens is 488 g/mol. The number of carbonyl (C=O) groups is 2. The van der Waals surface area contributed by atoms with Crippen LogP contribution in [0, 0.1) is 6.92 Å². The van der Waals surface area contributed by atoms with Gasteiger partial charge in [0.25, 0.3) is 0 Å². The molecule has 3 aromatic rings. The maximum Gasteiger partial charge on any atom is 0.327 e. The fourth-order valence-electron chi connectivity index (χ4n) is 3.84. The van der Waals surface area contributed by atoms with E-state index in [0.717, 1.165) is 23.4 Å². The highest BCUT2D eigenvalue weighted by molar-refractivity contribution is 5.78. The molecule has 0 aliphatic carbocycles. The summed E-state index contributed by atoms with van der Waals surface area (Å²) >= 11 is 0. The largest absolute Gasteiger partial charge is 0.494 e. The second-order valence-corrected chi connectivity index (χ2v) is 9.21. The fraction of sp³-hybridized carbons (Fsp3) is 0.414. The van der Waals surface area contributed by atoms with Crippen molar-refractivity contribution in [1.29, 1.82) is 0 Å². The highest BCUT2D eigenvalue weighted by atomic mass is 16.5. The molecule has 0 aliphatic heterocycles. The summed E-state index contributed by atoms with van der Waals surface area (Å²) in [6.45, 7) is 8.35. The Balaban J connectivity index is 1.70. The van der Waals surface area contributed by atoms with Crippen molar-refractivity contribution >= 4 is 11.9 Å². The lowest BCUT2D eigenvalue weighted by molar-refractivity contribution is -0.149.